The van der Waals surface area contributed by atoms with E-state index in [9.17, 15) is 9.59 Å². The van der Waals surface area contributed by atoms with Gasteiger partial charge in [0.2, 0.25) is 0 Å². The number of benzene rings is 1. The van der Waals surface area contributed by atoms with Crippen molar-refractivity contribution in [2.75, 3.05) is 0 Å². The van der Waals surface area contributed by atoms with E-state index >= 15 is 0 Å². The van der Waals surface area contributed by atoms with Crippen molar-refractivity contribution in [3.8, 4) is 0 Å². The largest absolute Gasteiger partial charge is 0.325 e. The van der Waals surface area contributed by atoms with Gasteiger partial charge in [0.15, 0.2) is 0 Å². The normalized spacial score (nSPS) is 29.0. The first-order valence-corrected chi connectivity index (χ1v) is 7.70. The Labute approximate surface area is 125 Å². The van der Waals surface area contributed by atoms with Crippen LogP contribution < -0.4 is 5.32 Å². The molecule has 1 saturated carbocycles. The summed E-state index contributed by atoms with van der Waals surface area (Å²) in [5.41, 5.74) is 1.50. The van der Waals surface area contributed by atoms with Crippen LogP contribution in [-0.4, -0.2) is 22.4 Å². The summed E-state index contributed by atoms with van der Waals surface area (Å²) in [5, 5.41) is 2.97. The highest BCUT2D eigenvalue weighted by molar-refractivity contribution is 6.07. The number of rotatable bonds is 2. The van der Waals surface area contributed by atoms with Gasteiger partial charge < -0.3 is 5.32 Å². The van der Waals surface area contributed by atoms with Crippen molar-refractivity contribution in [2.45, 2.75) is 51.6 Å². The predicted octanol–water partition coefficient (Wildman–Crippen LogP) is 3.00. The van der Waals surface area contributed by atoms with E-state index < -0.39 is 5.54 Å². The molecule has 0 aromatic heterocycles. The summed E-state index contributed by atoms with van der Waals surface area (Å²) in [6, 6.07) is 7.65. The minimum absolute atomic E-state index is 0.0392. The smallest absolute Gasteiger partial charge is 0.323 e. The maximum absolute atomic E-state index is 12.8. The zero-order chi connectivity index (χ0) is 15.0. The monoisotopic (exact) mass is 286 g/mol. The van der Waals surface area contributed by atoms with Gasteiger partial charge in [0.25, 0.3) is 5.91 Å². The van der Waals surface area contributed by atoms with Gasteiger partial charge in [-0.25, -0.2) is 4.79 Å². The average Bonchev–Trinajstić information content (AvgIpc) is 2.69. The zero-order valence-electron chi connectivity index (χ0n) is 12.7. The van der Waals surface area contributed by atoms with Gasteiger partial charge in [0, 0.05) is 0 Å². The molecule has 3 amide bonds. The lowest BCUT2D eigenvalue weighted by molar-refractivity contribution is -0.133. The van der Waals surface area contributed by atoms with Crippen LogP contribution in [0.3, 0.4) is 0 Å². The van der Waals surface area contributed by atoms with Gasteiger partial charge in [0.05, 0.1) is 6.54 Å². The van der Waals surface area contributed by atoms with Crippen LogP contribution in [0.4, 0.5) is 4.79 Å². The first kappa shape index (κ1) is 14.1. The molecule has 1 saturated heterocycles. The molecule has 4 heteroatoms. The molecule has 1 aromatic carbocycles. The predicted molar refractivity (Wildman–Crippen MR) is 80.6 cm³/mol. The zero-order valence-corrected chi connectivity index (χ0v) is 12.7. The number of carbonyl (C=O) groups excluding carboxylic acids is 2. The van der Waals surface area contributed by atoms with Crippen molar-refractivity contribution < 1.29 is 9.59 Å². The van der Waals surface area contributed by atoms with Gasteiger partial charge in [-0.1, -0.05) is 31.2 Å². The van der Waals surface area contributed by atoms with Crippen LogP contribution in [-0.2, 0) is 11.3 Å². The lowest BCUT2D eigenvalue weighted by Crippen LogP contribution is -2.49. The topological polar surface area (TPSA) is 49.4 Å². The molecule has 4 nitrogen and oxygen atoms in total. The molecule has 2 aliphatic rings. The van der Waals surface area contributed by atoms with Crippen molar-refractivity contribution in [1.29, 1.82) is 0 Å². The molecule has 1 N–H and O–H groups in total. The molecule has 1 aliphatic heterocycles. The highest BCUT2D eigenvalue weighted by Crippen LogP contribution is 2.36. The highest BCUT2D eigenvalue weighted by atomic mass is 16.2. The number of aryl methyl sites for hydroxylation is 1. The summed E-state index contributed by atoms with van der Waals surface area (Å²) in [7, 11) is 0. The Morgan fingerprint density at radius 3 is 2.57 bits per heavy atom. The van der Waals surface area contributed by atoms with Gasteiger partial charge in [-0.05, 0) is 49.7 Å². The van der Waals surface area contributed by atoms with Crippen molar-refractivity contribution in [1.82, 2.24) is 10.2 Å². The van der Waals surface area contributed by atoms with E-state index in [1.807, 2.05) is 31.2 Å². The average molecular weight is 286 g/mol. The minimum Gasteiger partial charge on any atom is -0.323 e. The number of carbonyl (C=O) groups is 2. The van der Waals surface area contributed by atoms with Crippen molar-refractivity contribution in [3.05, 3.63) is 35.4 Å². The molecule has 21 heavy (non-hydrogen) atoms. The SMILES string of the molecule is Cc1ccccc1CN1C(=O)NC2(CCC(C)CC2)C1=O. The lowest BCUT2D eigenvalue weighted by Gasteiger charge is -2.33. The first-order chi connectivity index (χ1) is 10.0. The van der Waals surface area contributed by atoms with Crippen LogP contribution in [0, 0.1) is 12.8 Å². The number of nitrogens with one attached hydrogen (secondary N) is 1. The first-order valence-electron chi connectivity index (χ1n) is 7.70. The van der Waals surface area contributed by atoms with E-state index in [4.69, 9.17) is 0 Å². The number of imide groups is 1. The van der Waals surface area contributed by atoms with E-state index in [-0.39, 0.29) is 11.9 Å². The Kier molecular flexibility index (Phi) is 3.47. The second-order valence-electron chi connectivity index (χ2n) is 6.51. The summed E-state index contributed by atoms with van der Waals surface area (Å²) < 4.78 is 0. The van der Waals surface area contributed by atoms with Gasteiger partial charge in [-0.15, -0.1) is 0 Å². The number of nitrogens with zero attached hydrogens (tertiary/aromatic N) is 1. The van der Waals surface area contributed by atoms with Crippen LogP contribution in [0.2, 0.25) is 0 Å². The number of hydrogen-bond donors (Lipinski definition) is 1. The fourth-order valence-electron chi connectivity index (χ4n) is 3.37. The van der Waals surface area contributed by atoms with Crippen LogP contribution in [0.5, 0.6) is 0 Å². The molecule has 2 fully saturated rings. The standard InChI is InChI=1S/C17H22N2O2/c1-12-7-9-17(10-8-12)15(20)19(16(21)18-17)11-14-6-4-3-5-13(14)2/h3-6,12H,7-11H2,1-2H3,(H,18,21). The van der Waals surface area contributed by atoms with Crippen LogP contribution in [0.15, 0.2) is 24.3 Å². The van der Waals surface area contributed by atoms with E-state index in [0.717, 1.165) is 36.8 Å². The number of urea groups is 1. The van der Waals surface area contributed by atoms with Gasteiger partial charge in [-0.2, -0.15) is 0 Å². The molecule has 1 heterocycles. The summed E-state index contributed by atoms with van der Waals surface area (Å²) in [6.45, 7) is 4.58. The maximum Gasteiger partial charge on any atom is 0.325 e. The third-order valence-electron chi connectivity index (χ3n) is 4.96. The van der Waals surface area contributed by atoms with Crippen molar-refractivity contribution in [3.63, 3.8) is 0 Å². The molecule has 1 spiro atoms. The maximum atomic E-state index is 12.8. The summed E-state index contributed by atoms with van der Waals surface area (Å²) in [4.78, 5) is 26.4. The Balaban J connectivity index is 1.80. The molecular formula is C17H22N2O2. The summed E-state index contributed by atoms with van der Waals surface area (Å²) >= 11 is 0. The Hall–Kier alpha value is -1.84. The van der Waals surface area contributed by atoms with E-state index in [1.165, 1.54) is 4.90 Å². The van der Waals surface area contributed by atoms with Crippen molar-refractivity contribution in [2.24, 2.45) is 5.92 Å². The molecule has 0 atom stereocenters. The second kappa shape index (κ2) is 5.17. The Morgan fingerprint density at radius 2 is 1.90 bits per heavy atom. The van der Waals surface area contributed by atoms with Crippen LogP contribution in [0.25, 0.3) is 0 Å². The molecule has 0 bridgehead atoms. The molecule has 3 rings (SSSR count). The third kappa shape index (κ3) is 2.43. The van der Waals surface area contributed by atoms with Crippen molar-refractivity contribution >= 4 is 11.9 Å². The molecule has 1 aromatic rings. The number of hydrogen-bond acceptors (Lipinski definition) is 2. The minimum atomic E-state index is -0.633. The quantitative estimate of drug-likeness (QED) is 0.850. The summed E-state index contributed by atoms with van der Waals surface area (Å²) in [5.74, 6) is 0.605. The molecule has 112 valence electrons. The van der Waals surface area contributed by atoms with Gasteiger partial charge >= 0.3 is 6.03 Å². The molecular weight excluding hydrogens is 264 g/mol. The van der Waals surface area contributed by atoms with Gasteiger partial charge in [-0.3, -0.25) is 9.69 Å². The lowest BCUT2D eigenvalue weighted by atomic mass is 9.77. The van der Waals surface area contributed by atoms with E-state index in [0.29, 0.717) is 12.5 Å². The molecule has 0 radical (unpaired) electrons. The van der Waals surface area contributed by atoms with E-state index in [2.05, 4.69) is 12.2 Å². The molecule has 0 unspecified atom stereocenters. The Bertz CT molecular complexity index is 574. The van der Waals surface area contributed by atoms with Crippen LogP contribution in [0.1, 0.15) is 43.7 Å². The number of amides is 3. The van der Waals surface area contributed by atoms with Gasteiger partial charge in [0.1, 0.15) is 5.54 Å². The fourth-order valence-corrected chi connectivity index (χ4v) is 3.37. The van der Waals surface area contributed by atoms with Crippen LogP contribution >= 0.6 is 0 Å². The molecule has 1 aliphatic carbocycles. The Morgan fingerprint density at radius 1 is 1.24 bits per heavy atom. The van der Waals surface area contributed by atoms with E-state index in [1.54, 1.807) is 0 Å². The summed E-state index contributed by atoms with van der Waals surface area (Å²) in [6.07, 6.45) is 3.54. The second-order valence-corrected chi connectivity index (χ2v) is 6.51. The third-order valence-corrected chi connectivity index (χ3v) is 4.96. The highest BCUT2D eigenvalue weighted by Gasteiger charge is 2.51. The fraction of sp³-hybridized carbons (Fsp3) is 0.529.